The van der Waals surface area contributed by atoms with Crippen LogP contribution in [0.5, 0.6) is 0 Å². The second-order valence-corrected chi connectivity index (χ2v) is 6.04. The van der Waals surface area contributed by atoms with Crippen LogP contribution in [-0.4, -0.2) is 38.8 Å². The fourth-order valence-electron chi connectivity index (χ4n) is 3.16. The number of carbonyl (C=O) groups excluding carboxylic acids is 1. The Balaban J connectivity index is 1.59. The lowest BCUT2D eigenvalue weighted by atomic mass is 10.0. The summed E-state index contributed by atoms with van der Waals surface area (Å²) in [5.41, 5.74) is 1.04. The average molecular weight is 318 g/mol. The highest BCUT2D eigenvalue weighted by Crippen LogP contribution is 2.36. The van der Waals surface area contributed by atoms with Gasteiger partial charge in [0.2, 0.25) is 0 Å². The first-order chi connectivity index (χ1) is 11.0. The van der Waals surface area contributed by atoms with Crippen molar-refractivity contribution < 1.29 is 14.3 Å². The molecule has 1 aromatic carbocycles. The Hall–Kier alpha value is -2.28. The van der Waals surface area contributed by atoms with Crippen LogP contribution in [0.25, 0.3) is 0 Å². The summed E-state index contributed by atoms with van der Waals surface area (Å²) in [7, 11) is 0. The van der Waals surface area contributed by atoms with Gasteiger partial charge in [0.15, 0.2) is 0 Å². The number of hydrogen-bond acceptors (Lipinski definition) is 4. The predicted molar refractivity (Wildman–Crippen MR) is 81.3 cm³/mol. The molecule has 0 spiro atoms. The molecule has 3 rings (SSSR count). The van der Waals surface area contributed by atoms with Crippen molar-refractivity contribution in [1.82, 2.24) is 20.5 Å². The summed E-state index contributed by atoms with van der Waals surface area (Å²) in [4.78, 5) is 16.3. The molecule has 1 aliphatic carbocycles. The van der Waals surface area contributed by atoms with Crippen molar-refractivity contribution in [2.75, 3.05) is 6.54 Å². The van der Waals surface area contributed by atoms with Crippen molar-refractivity contribution in [2.45, 2.75) is 31.8 Å². The number of aryl methyl sites for hydroxylation is 1. The number of H-pyrrole nitrogens is 1. The third kappa shape index (κ3) is 3.39. The molecule has 6 nitrogen and oxygen atoms in total. The zero-order valence-electron chi connectivity index (χ0n) is 12.8. The Morgan fingerprint density at radius 1 is 1.48 bits per heavy atom. The number of benzene rings is 1. The Labute approximate surface area is 133 Å². The standard InChI is InChI=1S/C16H19FN4O2/c1-9-4-12(17)2-3-13(9)16(23)18-7-11-5-10(6-14(11)22)15-19-8-20-21-15/h2-4,8,10-11,14,22H,5-7H2,1H3,(H,18,23)(H,19,20,21)/t10-,11+,14+/m1/s1. The molecule has 0 bridgehead atoms. The van der Waals surface area contributed by atoms with Crippen LogP contribution in [-0.2, 0) is 0 Å². The number of nitrogens with zero attached hydrogens (tertiary/aromatic N) is 2. The number of halogens is 1. The molecule has 0 aliphatic heterocycles. The summed E-state index contributed by atoms with van der Waals surface area (Å²) in [5.74, 6) is 0.252. The number of nitrogens with one attached hydrogen (secondary N) is 2. The Morgan fingerprint density at radius 3 is 3.00 bits per heavy atom. The smallest absolute Gasteiger partial charge is 0.251 e. The van der Waals surface area contributed by atoms with E-state index in [0.717, 1.165) is 12.2 Å². The molecular weight excluding hydrogens is 299 g/mol. The molecule has 1 aromatic heterocycles. The summed E-state index contributed by atoms with van der Waals surface area (Å²) < 4.78 is 13.1. The third-order valence-corrected chi connectivity index (χ3v) is 4.44. The fraction of sp³-hybridized carbons (Fsp3) is 0.438. The number of aliphatic hydroxyl groups is 1. The van der Waals surface area contributed by atoms with Gasteiger partial charge in [0.25, 0.3) is 5.91 Å². The molecule has 2 aromatic rings. The van der Waals surface area contributed by atoms with Gasteiger partial charge in [0, 0.05) is 23.9 Å². The predicted octanol–water partition coefficient (Wildman–Crippen LogP) is 1.54. The first-order valence-electron chi connectivity index (χ1n) is 7.62. The number of rotatable bonds is 4. The zero-order chi connectivity index (χ0) is 16.4. The largest absolute Gasteiger partial charge is 0.393 e. The van der Waals surface area contributed by atoms with E-state index in [1.54, 1.807) is 6.92 Å². The maximum atomic E-state index is 13.1. The molecule has 1 aliphatic rings. The van der Waals surface area contributed by atoms with Crippen LogP contribution in [0, 0.1) is 18.7 Å². The van der Waals surface area contributed by atoms with E-state index >= 15 is 0 Å². The van der Waals surface area contributed by atoms with E-state index in [4.69, 9.17) is 0 Å². The minimum absolute atomic E-state index is 0.0326. The van der Waals surface area contributed by atoms with Gasteiger partial charge in [-0.05, 0) is 43.5 Å². The van der Waals surface area contributed by atoms with E-state index < -0.39 is 6.10 Å². The van der Waals surface area contributed by atoms with Crippen LogP contribution in [0.15, 0.2) is 24.5 Å². The van der Waals surface area contributed by atoms with E-state index in [0.29, 0.717) is 24.1 Å². The quantitative estimate of drug-likeness (QED) is 0.797. The molecule has 0 radical (unpaired) electrons. The van der Waals surface area contributed by atoms with Gasteiger partial charge in [-0.3, -0.25) is 9.89 Å². The summed E-state index contributed by atoms with van der Waals surface area (Å²) in [5, 5.41) is 19.7. The minimum atomic E-state index is -0.486. The molecule has 1 fully saturated rings. The summed E-state index contributed by atoms with van der Waals surface area (Å²) in [6.07, 6.45) is 2.30. The molecule has 0 unspecified atom stereocenters. The van der Waals surface area contributed by atoms with E-state index in [1.165, 1.54) is 24.5 Å². The SMILES string of the molecule is Cc1cc(F)ccc1C(=O)NC[C@@H]1C[C@@H](c2ncn[nH]2)C[C@@H]1O. The minimum Gasteiger partial charge on any atom is -0.393 e. The summed E-state index contributed by atoms with van der Waals surface area (Å²) >= 11 is 0. The van der Waals surface area contributed by atoms with Gasteiger partial charge in [0.1, 0.15) is 18.0 Å². The van der Waals surface area contributed by atoms with Gasteiger partial charge in [-0.25, -0.2) is 9.37 Å². The molecule has 7 heteroatoms. The van der Waals surface area contributed by atoms with Gasteiger partial charge in [-0.1, -0.05) is 0 Å². The maximum Gasteiger partial charge on any atom is 0.251 e. The topological polar surface area (TPSA) is 90.9 Å². The molecule has 1 heterocycles. The fourth-order valence-corrected chi connectivity index (χ4v) is 3.16. The van der Waals surface area contributed by atoms with Crippen molar-refractivity contribution in [3.8, 4) is 0 Å². The second-order valence-electron chi connectivity index (χ2n) is 6.04. The number of aromatic nitrogens is 3. The van der Waals surface area contributed by atoms with Crippen molar-refractivity contribution in [3.05, 3.63) is 47.3 Å². The molecule has 3 N–H and O–H groups in total. The molecule has 122 valence electrons. The Morgan fingerprint density at radius 2 is 2.30 bits per heavy atom. The number of aliphatic hydroxyl groups excluding tert-OH is 1. The number of aromatic amines is 1. The normalized spacial score (nSPS) is 23.9. The van der Waals surface area contributed by atoms with Crippen molar-refractivity contribution >= 4 is 5.91 Å². The molecule has 1 amide bonds. The highest BCUT2D eigenvalue weighted by Gasteiger charge is 2.35. The first kappa shape index (κ1) is 15.6. The van der Waals surface area contributed by atoms with Crippen molar-refractivity contribution in [1.29, 1.82) is 0 Å². The van der Waals surface area contributed by atoms with E-state index in [-0.39, 0.29) is 23.6 Å². The lowest BCUT2D eigenvalue weighted by Crippen LogP contribution is -2.32. The lowest BCUT2D eigenvalue weighted by Gasteiger charge is -2.15. The van der Waals surface area contributed by atoms with Gasteiger partial charge < -0.3 is 10.4 Å². The number of carbonyl (C=O) groups is 1. The third-order valence-electron chi connectivity index (χ3n) is 4.44. The molecular formula is C16H19FN4O2. The van der Waals surface area contributed by atoms with Crippen LogP contribution in [0.4, 0.5) is 4.39 Å². The van der Waals surface area contributed by atoms with Crippen LogP contribution in [0.3, 0.4) is 0 Å². The van der Waals surface area contributed by atoms with Crippen LogP contribution >= 0.6 is 0 Å². The summed E-state index contributed by atoms with van der Waals surface area (Å²) in [6.45, 7) is 2.07. The van der Waals surface area contributed by atoms with Gasteiger partial charge in [-0.2, -0.15) is 5.10 Å². The van der Waals surface area contributed by atoms with Crippen molar-refractivity contribution in [3.63, 3.8) is 0 Å². The van der Waals surface area contributed by atoms with E-state index in [9.17, 15) is 14.3 Å². The van der Waals surface area contributed by atoms with Crippen molar-refractivity contribution in [2.24, 2.45) is 5.92 Å². The molecule has 0 saturated heterocycles. The highest BCUT2D eigenvalue weighted by atomic mass is 19.1. The maximum absolute atomic E-state index is 13.1. The van der Waals surface area contributed by atoms with Gasteiger partial charge >= 0.3 is 0 Å². The number of amides is 1. The monoisotopic (exact) mass is 318 g/mol. The number of hydrogen-bond donors (Lipinski definition) is 3. The van der Waals surface area contributed by atoms with Gasteiger partial charge in [-0.15, -0.1) is 0 Å². The second kappa shape index (κ2) is 6.45. The Kier molecular flexibility index (Phi) is 4.38. The molecule has 1 saturated carbocycles. The first-order valence-corrected chi connectivity index (χ1v) is 7.62. The van der Waals surface area contributed by atoms with Crippen LogP contribution in [0.1, 0.15) is 40.5 Å². The zero-order valence-corrected chi connectivity index (χ0v) is 12.8. The lowest BCUT2D eigenvalue weighted by molar-refractivity contribution is 0.0916. The van der Waals surface area contributed by atoms with E-state index in [2.05, 4.69) is 20.5 Å². The van der Waals surface area contributed by atoms with Gasteiger partial charge in [0.05, 0.1) is 6.10 Å². The summed E-state index contributed by atoms with van der Waals surface area (Å²) in [6, 6.07) is 4.08. The highest BCUT2D eigenvalue weighted by molar-refractivity contribution is 5.95. The Bertz CT molecular complexity index is 689. The van der Waals surface area contributed by atoms with Crippen LogP contribution in [0.2, 0.25) is 0 Å². The average Bonchev–Trinajstić information content (AvgIpc) is 3.14. The molecule has 23 heavy (non-hydrogen) atoms. The molecule has 3 atom stereocenters. The van der Waals surface area contributed by atoms with Crippen LogP contribution < -0.4 is 5.32 Å². The van der Waals surface area contributed by atoms with E-state index in [1.807, 2.05) is 0 Å².